The lowest BCUT2D eigenvalue weighted by Crippen LogP contribution is -2.11. The van der Waals surface area contributed by atoms with Crippen molar-refractivity contribution in [3.05, 3.63) is 35.8 Å². The van der Waals surface area contributed by atoms with Gasteiger partial charge >= 0.3 is 0 Å². The van der Waals surface area contributed by atoms with Crippen molar-refractivity contribution >= 4 is 11.9 Å². The van der Waals surface area contributed by atoms with Gasteiger partial charge in [-0.05, 0) is 23.4 Å². The zero-order valence-corrected chi connectivity index (χ0v) is 5.56. The van der Waals surface area contributed by atoms with Crippen molar-refractivity contribution in [3.63, 3.8) is 0 Å². The van der Waals surface area contributed by atoms with Gasteiger partial charge in [-0.25, -0.2) is 0 Å². The number of hydrogen-bond donors (Lipinski definition) is 1. The van der Waals surface area contributed by atoms with Crippen LogP contribution in [0.5, 0.6) is 0 Å². The Morgan fingerprint density at radius 2 is 2.56 bits per heavy atom. The number of nitrogens with one attached hydrogen (secondary N) is 1. The number of hydrogen-bond acceptors (Lipinski definition) is 3. The van der Waals surface area contributed by atoms with Crippen molar-refractivity contribution in [2.45, 2.75) is 0 Å². The summed E-state index contributed by atoms with van der Waals surface area (Å²) in [5.41, 5.74) is 1.21. The smallest absolute Gasteiger partial charge is 0.0687 e. The summed E-state index contributed by atoms with van der Waals surface area (Å²) in [4.78, 5) is 0. The maximum Gasteiger partial charge on any atom is 0.0687 e. The highest BCUT2D eigenvalue weighted by Gasteiger charge is 2.10. The topological polar surface area (TPSA) is 15.3 Å². The van der Waals surface area contributed by atoms with Crippen LogP contribution >= 0.6 is 11.9 Å². The third-order valence-corrected chi connectivity index (χ3v) is 2.02. The molecule has 2 heterocycles. The second kappa shape index (κ2) is 1.84. The SMILES string of the molecule is C1=CN2SC=CC2=CN1. The summed E-state index contributed by atoms with van der Waals surface area (Å²) >= 11 is 1.68. The average molecular weight is 138 g/mol. The lowest BCUT2D eigenvalue weighted by molar-refractivity contribution is 0.771. The van der Waals surface area contributed by atoms with E-state index >= 15 is 0 Å². The molecule has 0 fully saturated rings. The Balaban J connectivity index is 2.29. The molecule has 0 amide bonds. The molecule has 2 nitrogen and oxygen atoms in total. The molecule has 3 heteroatoms. The van der Waals surface area contributed by atoms with Gasteiger partial charge in [0.05, 0.1) is 5.70 Å². The van der Waals surface area contributed by atoms with Gasteiger partial charge in [-0.15, -0.1) is 0 Å². The number of rotatable bonds is 0. The van der Waals surface area contributed by atoms with Gasteiger partial charge in [-0.2, -0.15) is 0 Å². The van der Waals surface area contributed by atoms with Crippen LogP contribution < -0.4 is 5.32 Å². The summed E-state index contributed by atoms with van der Waals surface area (Å²) < 4.78 is 2.09. The van der Waals surface area contributed by atoms with E-state index in [4.69, 9.17) is 0 Å². The molecule has 0 atom stereocenters. The second-order valence-electron chi connectivity index (χ2n) is 1.79. The van der Waals surface area contributed by atoms with Crippen molar-refractivity contribution < 1.29 is 0 Å². The molecular formula is C6H6N2S. The average Bonchev–Trinajstić information content (AvgIpc) is 2.33. The Bertz CT molecular complexity index is 205. The molecule has 0 saturated carbocycles. The number of fused-ring (bicyclic) bond motifs is 1. The van der Waals surface area contributed by atoms with E-state index in [1.54, 1.807) is 11.9 Å². The quantitative estimate of drug-likeness (QED) is 0.509. The predicted molar refractivity (Wildman–Crippen MR) is 38.9 cm³/mol. The van der Waals surface area contributed by atoms with E-state index in [-0.39, 0.29) is 0 Å². The van der Waals surface area contributed by atoms with Gasteiger partial charge in [0.2, 0.25) is 0 Å². The fraction of sp³-hybridized carbons (Fsp3) is 0. The summed E-state index contributed by atoms with van der Waals surface area (Å²) in [7, 11) is 0. The van der Waals surface area contributed by atoms with Crippen molar-refractivity contribution in [2.75, 3.05) is 0 Å². The molecule has 2 rings (SSSR count). The first-order chi connectivity index (χ1) is 4.47. The Morgan fingerprint density at radius 3 is 3.44 bits per heavy atom. The lowest BCUT2D eigenvalue weighted by atomic mass is 10.4. The minimum Gasteiger partial charge on any atom is -0.365 e. The fourth-order valence-corrected chi connectivity index (χ4v) is 1.48. The molecular weight excluding hydrogens is 132 g/mol. The predicted octanol–water partition coefficient (Wildman–Crippen LogP) is 1.38. The van der Waals surface area contributed by atoms with Gasteiger partial charge in [-0.3, -0.25) is 4.31 Å². The van der Waals surface area contributed by atoms with E-state index in [1.165, 1.54) is 5.70 Å². The third kappa shape index (κ3) is 0.733. The van der Waals surface area contributed by atoms with E-state index in [0.717, 1.165) is 0 Å². The van der Waals surface area contributed by atoms with Crippen LogP contribution in [-0.2, 0) is 0 Å². The molecule has 1 N–H and O–H groups in total. The van der Waals surface area contributed by atoms with Crippen LogP contribution in [0.4, 0.5) is 0 Å². The van der Waals surface area contributed by atoms with Crippen LogP contribution in [0, 0.1) is 0 Å². The van der Waals surface area contributed by atoms with Gasteiger partial charge in [0.1, 0.15) is 0 Å². The molecule has 0 unspecified atom stereocenters. The van der Waals surface area contributed by atoms with Crippen LogP contribution in [0.2, 0.25) is 0 Å². The van der Waals surface area contributed by atoms with Crippen molar-refractivity contribution in [1.82, 2.24) is 9.62 Å². The van der Waals surface area contributed by atoms with Gasteiger partial charge in [-0.1, -0.05) is 0 Å². The minimum absolute atomic E-state index is 1.21. The number of nitrogens with zero attached hydrogens (tertiary/aromatic N) is 1. The maximum absolute atomic E-state index is 3.01. The largest absolute Gasteiger partial charge is 0.365 e. The normalized spacial score (nSPS) is 21.3. The zero-order chi connectivity index (χ0) is 6.10. The summed E-state index contributed by atoms with van der Waals surface area (Å²) in [6, 6.07) is 0. The summed E-state index contributed by atoms with van der Waals surface area (Å²) in [6.45, 7) is 0. The van der Waals surface area contributed by atoms with Crippen molar-refractivity contribution in [1.29, 1.82) is 0 Å². The molecule has 2 aliphatic heterocycles. The molecule has 0 aromatic heterocycles. The molecule has 0 bridgehead atoms. The van der Waals surface area contributed by atoms with Gasteiger partial charge in [0.15, 0.2) is 0 Å². The van der Waals surface area contributed by atoms with E-state index in [2.05, 4.69) is 21.1 Å². The Morgan fingerprint density at radius 1 is 1.56 bits per heavy atom. The van der Waals surface area contributed by atoms with Crippen molar-refractivity contribution in [2.24, 2.45) is 0 Å². The first kappa shape index (κ1) is 4.99. The highest BCUT2D eigenvalue weighted by atomic mass is 32.2. The standard InChI is InChI=1S/C6H6N2S/c1-4-9-8-3-2-7-5-6(1)8/h1-5,7H. The van der Waals surface area contributed by atoms with Crippen LogP contribution in [0.1, 0.15) is 0 Å². The molecule has 2 aliphatic rings. The van der Waals surface area contributed by atoms with Crippen LogP contribution in [0.3, 0.4) is 0 Å². The Hall–Kier alpha value is -0.830. The van der Waals surface area contributed by atoms with Crippen LogP contribution in [0.15, 0.2) is 35.8 Å². The summed E-state index contributed by atoms with van der Waals surface area (Å²) in [5, 5.41) is 5.07. The number of allylic oxidation sites excluding steroid dienone is 1. The molecule has 0 saturated heterocycles. The highest BCUT2D eigenvalue weighted by Crippen LogP contribution is 2.28. The second-order valence-corrected chi connectivity index (χ2v) is 2.66. The van der Waals surface area contributed by atoms with E-state index < -0.39 is 0 Å². The Kier molecular flexibility index (Phi) is 1.02. The third-order valence-electron chi connectivity index (χ3n) is 1.21. The first-order valence-corrected chi connectivity index (χ1v) is 3.56. The van der Waals surface area contributed by atoms with Crippen LogP contribution in [0.25, 0.3) is 0 Å². The van der Waals surface area contributed by atoms with Gasteiger partial charge in [0, 0.05) is 18.6 Å². The highest BCUT2D eigenvalue weighted by molar-refractivity contribution is 8.00. The molecule has 0 radical (unpaired) electrons. The molecule has 9 heavy (non-hydrogen) atoms. The molecule has 0 spiro atoms. The first-order valence-electron chi connectivity index (χ1n) is 2.72. The minimum atomic E-state index is 1.21. The van der Waals surface area contributed by atoms with Crippen LogP contribution in [-0.4, -0.2) is 4.31 Å². The van der Waals surface area contributed by atoms with Gasteiger partial charge < -0.3 is 5.32 Å². The van der Waals surface area contributed by atoms with Crippen molar-refractivity contribution in [3.8, 4) is 0 Å². The summed E-state index contributed by atoms with van der Waals surface area (Å²) in [5.74, 6) is 0. The summed E-state index contributed by atoms with van der Waals surface area (Å²) in [6.07, 6.45) is 7.95. The molecule has 0 aliphatic carbocycles. The molecule has 0 aromatic rings. The maximum atomic E-state index is 3.01. The fourth-order valence-electron chi connectivity index (χ4n) is 0.777. The monoisotopic (exact) mass is 138 g/mol. The zero-order valence-electron chi connectivity index (χ0n) is 4.74. The van der Waals surface area contributed by atoms with E-state index in [0.29, 0.717) is 0 Å². The van der Waals surface area contributed by atoms with E-state index in [9.17, 15) is 0 Å². The molecule has 0 aromatic carbocycles. The van der Waals surface area contributed by atoms with E-state index in [1.807, 2.05) is 18.6 Å². The lowest BCUT2D eigenvalue weighted by Gasteiger charge is -2.15. The van der Waals surface area contributed by atoms with Gasteiger partial charge in [0.25, 0.3) is 0 Å². The Labute approximate surface area is 58.1 Å². The molecule has 46 valence electrons.